The van der Waals surface area contributed by atoms with Crippen molar-refractivity contribution in [2.45, 2.75) is 47.1 Å². The minimum Gasteiger partial charge on any atom is -0.497 e. The number of rotatable bonds is 22. The van der Waals surface area contributed by atoms with Crippen LogP contribution in [-0.4, -0.2) is 132 Å². The number of anilines is 3. The van der Waals surface area contributed by atoms with E-state index >= 15 is 0 Å². The van der Waals surface area contributed by atoms with Gasteiger partial charge >= 0.3 is 12.0 Å². The van der Waals surface area contributed by atoms with Crippen molar-refractivity contribution in [2.24, 2.45) is 0 Å². The predicted octanol–water partition coefficient (Wildman–Crippen LogP) is 6.84. The van der Waals surface area contributed by atoms with Gasteiger partial charge in [-0.3, -0.25) is 24.4 Å². The number of likely N-dealkylation sites (tertiary alicyclic amines) is 1. The Morgan fingerprint density at radius 1 is 0.914 bits per heavy atom. The number of aromatic nitrogens is 3. The Bertz CT molecular complexity index is 2720. The molecule has 3 aromatic carbocycles. The number of nitrogens with zero attached hydrogens (tertiary/aromatic N) is 4. The molecule has 6 N–H and O–H groups in total. The maximum absolute atomic E-state index is 14.1. The van der Waals surface area contributed by atoms with E-state index in [1.807, 2.05) is 50.2 Å². The number of urea groups is 1. The third kappa shape index (κ3) is 13.1. The quantitative estimate of drug-likeness (QED) is 0.0312. The molecule has 0 atom stereocenters. The first kappa shape index (κ1) is 50.2. The molecule has 7 rings (SSSR count). The van der Waals surface area contributed by atoms with E-state index in [0.29, 0.717) is 75.4 Å². The average Bonchev–Trinajstić information content (AvgIpc) is 4.19. The van der Waals surface area contributed by atoms with Gasteiger partial charge in [-0.25, -0.2) is 9.59 Å². The number of fused-ring (bicyclic) bond motifs is 1. The van der Waals surface area contributed by atoms with E-state index in [2.05, 4.69) is 60.1 Å². The van der Waals surface area contributed by atoms with Crippen molar-refractivity contribution in [3.63, 3.8) is 0 Å². The summed E-state index contributed by atoms with van der Waals surface area (Å²) in [5, 5.41) is 18.5. The van der Waals surface area contributed by atoms with E-state index < -0.39 is 17.9 Å². The molecule has 0 bridgehead atoms. The van der Waals surface area contributed by atoms with E-state index in [-0.39, 0.29) is 31.5 Å². The number of carbonyl (C=O) groups excluding carboxylic acids is 5. The molecule has 0 radical (unpaired) electrons. The number of likely N-dealkylation sites (N-methyl/N-ethyl adjacent to an activating group) is 1. The maximum Gasteiger partial charge on any atom is 0.331 e. The molecular weight excluding hydrogens is 893 g/mol. The minimum atomic E-state index is -0.789. The van der Waals surface area contributed by atoms with Gasteiger partial charge in [0.25, 0.3) is 11.8 Å². The number of hydrogen-bond donors (Lipinski definition) is 6. The second-order valence-electron chi connectivity index (χ2n) is 17.0. The number of aryl methyl sites for hydroxylation is 1. The molecule has 18 heteroatoms. The third-order valence-electron chi connectivity index (χ3n) is 12.4. The maximum atomic E-state index is 14.1. The topological polar surface area (TPSA) is 215 Å². The van der Waals surface area contributed by atoms with Crippen LogP contribution in [0.2, 0.25) is 0 Å². The molecule has 0 unspecified atom stereocenters. The number of amides is 5. The lowest BCUT2D eigenvalue weighted by Gasteiger charge is -2.24. The Morgan fingerprint density at radius 3 is 2.49 bits per heavy atom. The summed E-state index contributed by atoms with van der Waals surface area (Å²) < 4.78 is 17.2. The van der Waals surface area contributed by atoms with Gasteiger partial charge in [0.1, 0.15) is 24.7 Å². The molecule has 1 saturated heterocycles. The molecule has 1 fully saturated rings. The molecule has 0 spiro atoms. The predicted molar refractivity (Wildman–Crippen MR) is 270 cm³/mol. The highest BCUT2D eigenvalue weighted by molar-refractivity contribution is 6.35. The summed E-state index contributed by atoms with van der Waals surface area (Å²) >= 11 is 0. The molecule has 5 aromatic rings. The van der Waals surface area contributed by atoms with E-state index in [1.165, 1.54) is 17.7 Å². The van der Waals surface area contributed by atoms with Gasteiger partial charge in [-0.2, -0.15) is 5.10 Å². The van der Waals surface area contributed by atoms with Crippen molar-refractivity contribution in [1.29, 1.82) is 0 Å². The number of benzene rings is 3. The van der Waals surface area contributed by atoms with Crippen LogP contribution in [0.25, 0.3) is 22.8 Å². The van der Waals surface area contributed by atoms with Gasteiger partial charge in [0.2, 0.25) is 5.91 Å². The molecule has 2 aromatic heterocycles. The Morgan fingerprint density at radius 2 is 1.73 bits per heavy atom. The minimum absolute atomic E-state index is 0.0118. The van der Waals surface area contributed by atoms with E-state index in [4.69, 9.17) is 14.2 Å². The van der Waals surface area contributed by atoms with Crippen molar-refractivity contribution >= 4 is 58.4 Å². The van der Waals surface area contributed by atoms with Crippen LogP contribution in [0.5, 0.6) is 11.5 Å². The Labute approximate surface area is 407 Å². The highest BCUT2D eigenvalue weighted by Gasteiger charge is 2.27. The number of H-pyrrole nitrogens is 2. The van der Waals surface area contributed by atoms with Crippen LogP contribution < -0.4 is 30.7 Å². The fourth-order valence-corrected chi connectivity index (χ4v) is 8.46. The van der Waals surface area contributed by atoms with E-state index in [0.717, 1.165) is 68.1 Å². The fraction of sp³-hybridized carbons (Fsp3) is 0.346. The molecule has 2 aliphatic heterocycles. The number of methoxy groups -OCH3 is 1. The molecular formula is C52H62N10O8. The molecule has 368 valence electrons. The van der Waals surface area contributed by atoms with Crippen LogP contribution in [0.1, 0.15) is 65.1 Å². The molecule has 0 saturated carbocycles. The molecule has 4 heterocycles. The first-order chi connectivity index (χ1) is 33.9. The van der Waals surface area contributed by atoms with Gasteiger partial charge in [0.15, 0.2) is 0 Å². The lowest BCUT2D eigenvalue weighted by Crippen LogP contribution is -2.37. The smallest absolute Gasteiger partial charge is 0.331 e. The second-order valence-corrected chi connectivity index (χ2v) is 17.0. The van der Waals surface area contributed by atoms with Gasteiger partial charge < -0.3 is 50.3 Å². The monoisotopic (exact) mass is 954 g/mol. The standard InChI is InChI=1S/C52H62N10O8/c1-6-60(7-2)22-19-53-51(66)49-34(3)45(56-35(49)4)30-42-41-29-39(14-16-43(41)58-50(42)65)57-47(63)17-18-48(64)70-26-24-62(33-36-11-10-12-40(27-36)68-5)52(67)59-44-15-13-37(38-31-54-55-32-38)28-46(44)69-25-23-61-20-8-9-21-61/h10-18,27-32,56H,6-9,19-26,33H2,1-5H3,(H,53,66)(H,54,55)(H,57,63)(H,58,65)(H,59,67)/b18-17-,42-30-. The molecule has 5 amide bonds. The lowest BCUT2D eigenvalue weighted by molar-refractivity contribution is -0.138. The lowest BCUT2D eigenvalue weighted by atomic mass is 10.0. The van der Waals surface area contributed by atoms with Gasteiger partial charge in [-0.1, -0.05) is 32.0 Å². The summed E-state index contributed by atoms with van der Waals surface area (Å²) in [5.41, 5.74) is 7.36. The SMILES string of the molecule is CCN(CC)CCNC(=O)c1c(C)[nH]c(/C=C2\C(=O)Nc3ccc(NC(=O)/C=C\C(=O)OCCN(Cc4cccc(OC)c4)C(=O)Nc4ccc(-c5cn[nH]c5)cc4OCCN4CCCC4)cc32)c1C. The summed E-state index contributed by atoms with van der Waals surface area (Å²) in [5.74, 6) is -0.795. The van der Waals surface area contributed by atoms with Gasteiger partial charge in [0, 0.05) is 78.4 Å². The van der Waals surface area contributed by atoms with Crippen molar-refractivity contribution in [3.05, 3.63) is 119 Å². The van der Waals surface area contributed by atoms with Crippen molar-refractivity contribution in [1.82, 2.24) is 35.2 Å². The highest BCUT2D eigenvalue weighted by Crippen LogP contribution is 2.36. The van der Waals surface area contributed by atoms with Crippen LogP contribution in [-0.2, 0) is 25.7 Å². The fourth-order valence-electron chi connectivity index (χ4n) is 8.46. The molecule has 70 heavy (non-hydrogen) atoms. The van der Waals surface area contributed by atoms with Gasteiger partial charge in [-0.15, -0.1) is 0 Å². The Kier molecular flexibility index (Phi) is 17.2. The normalized spacial score (nSPS) is 13.9. The number of hydrogen-bond acceptors (Lipinski definition) is 11. The van der Waals surface area contributed by atoms with Gasteiger partial charge in [0.05, 0.1) is 36.7 Å². The van der Waals surface area contributed by atoms with Crippen LogP contribution in [0.15, 0.2) is 85.2 Å². The number of esters is 1. The number of carbonyl (C=O) groups is 5. The largest absolute Gasteiger partial charge is 0.497 e. The van der Waals surface area contributed by atoms with Crippen molar-refractivity contribution < 1.29 is 38.2 Å². The van der Waals surface area contributed by atoms with E-state index in [9.17, 15) is 24.0 Å². The van der Waals surface area contributed by atoms with Crippen LogP contribution in [0, 0.1) is 13.8 Å². The molecule has 0 aliphatic carbocycles. The van der Waals surface area contributed by atoms with E-state index in [1.54, 1.807) is 49.8 Å². The zero-order valence-corrected chi connectivity index (χ0v) is 40.4. The summed E-state index contributed by atoms with van der Waals surface area (Å²) in [6.07, 6.45) is 9.59. The first-order valence-corrected chi connectivity index (χ1v) is 23.6. The number of aromatic amines is 2. The average molecular weight is 955 g/mol. The summed E-state index contributed by atoms with van der Waals surface area (Å²) in [6, 6.07) is 17.4. The Balaban J connectivity index is 0.972. The third-order valence-corrected chi connectivity index (χ3v) is 12.4. The summed E-state index contributed by atoms with van der Waals surface area (Å²) in [7, 11) is 1.57. The van der Waals surface area contributed by atoms with Crippen molar-refractivity contribution in [3.8, 4) is 22.6 Å². The number of nitrogens with one attached hydrogen (secondary N) is 6. The molecule has 2 aliphatic rings. The zero-order valence-electron chi connectivity index (χ0n) is 40.4. The van der Waals surface area contributed by atoms with Crippen LogP contribution in [0.4, 0.5) is 21.9 Å². The zero-order chi connectivity index (χ0) is 49.6. The van der Waals surface area contributed by atoms with Crippen molar-refractivity contribution in [2.75, 3.05) is 88.6 Å². The van der Waals surface area contributed by atoms with Gasteiger partial charge in [-0.05, 0) is 118 Å². The second kappa shape index (κ2) is 24.0. The summed E-state index contributed by atoms with van der Waals surface area (Å²) in [6.45, 7) is 14.1. The number of ether oxygens (including phenoxy) is 3. The first-order valence-electron chi connectivity index (χ1n) is 23.6. The highest BCUT2D eigenvalue weighted by atomic mass is 16.5. The molecule has 18 nitrogen and oxygen atoms in total. The summed E-state index contributed by atoms with van der Waals surface area (Å²) in [4.78, 5) is 75.7. The van der Waals surface area contributed by atoms with Crippen LogP contribution >= 0.6 is 0 Å². The van der Waals surface area contributed by atoms with Crippen LogP contribution in [0.3, 0.4) is 0 Å². The Hall–Kier alpha value is -7.70.